The summed E-state index contributed by atoms with van der Waals surface area (Å²) in [5.74, 6) is -1.38. The Balaban J connectivity index is 1.52. The van der Waals surface area contributed by atoms with Crippen molar-refractivity contribution in [1.82, 2.24) is 10.2 Å². The molecule has 3 amide bonds. The van der Waals surface area contributed by atoms with Crippen molar-refractivity contribution in [3.8, 4) is 5.75 Å². The molecule has 0 radical (unpaired) electrons. The molecule has 0 aliphatic carbocycles. The average molecular weight is 460 g/mol. The van der Waals surface area contributed by atoms with Crippen LogP contribution in [0.1, 0.15) is 37.8 Å². The Hall–Kier alpha value is -4.66. The van der Waals surface area contributed by atoms with Crippen molar-refractivity contribution in [3.05, 3.63) is 94.6 Å². The molecule has 1 aliphatic rings. The number of amides is 3. The van der Waals surface area contributed by atoms with Gasteiger partial charge in [0.2, 0.25) is 5.76 Å². The van der Waals surface area contributed by atoms with Crippen molar-refractivity contribution in [2.24, 2.45) is 0 Å². The van der Waals surface area contributed by atoms with Crippen molar-refractivity contribution in [2.75, 3.05) is 7.11 Å². The molecule has 0 saturated carbocycles. The van der Waals surface area contributed by atoms with Crippen LogP contribution in [0.25, 0.3) is 6.08 Å². The van der Waals surface area contributed by atoms with Crippen LogP contribution in [-0.2, 0) is 16.1 Å². The summed E-state index contributed by atoms with van der Waals surface area (Å²) in [6.07, 6.45) is 1.43. The van der Waals surface area contributed by atoms with Crippen molar-refractivity contribution >= 4 is 30.0 Å². The largest absolute Gasteiger partial charge is 0.463 e. The summed E-state index contributed by atoms with van der Waals surface area (Å²) in [5, 5.41) is 2.51. The number of urea groups is 1. The first-order chi connectivity index (χ1) is 16.4. The van der Waals surface area contributed by atoms with E-state index in [1.165, 1.54) is 25.3 Å². The minimum Gasteiger partial charge on any atom is -0.463 e. The van der Waals surface area contributed by atoms with Crippen molar-refractivity contribution in [2.45, 2.75) is 13.5 Å². The topological polar surface area (TPSA) is 115 Å². The molecule has 3 aromatic rings. The number of esters is 2. The lowest BCUT2D eigenvalue weighted by atomic mass is 10.1. The van der Waals surface area contributed by atoms with Crippen LogP contribution >= 0.6 is 0 Å². The second kappa shape index (κ2) is 9.45. The smallest absolute Gasteiger partial charge is 0.373 e. The first-order valence-corrected chi connectivity index (χ1v) is 10.2. The highest BCUT2D eigenvalue weighted by molar-refractivity contribution is 6.14. The Morgan fingerprint density at radius 3 is 2.47 bits per heavy atom. The molecule has 172 valence electrons. The Kier molecular flexibility index (Phi) is 6.26. The highest BCUT2D eigenvalue weighted by Crippen LogP contribution is 2.25. The van der Waals surface area contributed by atoms with Crippen LogP contribution in [-0.4, -0.2) is 35.9 Å². The van der Waals surface area contributed by atoms with E-state index in [-0.39, 0.29) is 29.5 Å². The molecule has 1 aromatic heterocycles. The number of furan rings is 1. The van der Waals surface area contributed by atoms with Gasteiger partial charge in [0.15, 0.2) is 0 Å². The number of nitrogens with one attached hydrogen (secondary N) is 1. The number of hydrogen-bond acceptors (Lipinski definition) is 7. The molecular formula is C25H20N2O7. The molecule has 1 fully saturated rings. The Bertz CT molecular complexity index is 1300. The highest BCUT2D eigenvalue weighted by atomic mass is 16.5. The van der Waals surface area contributed by atoms with Crippen LogP contribution < -0.4 is 10.1 Å². The number of imide groups is 1. The van der Waals surface area contributed by atoms with Gasteiger partial charge >= 0.3 is 18.0 Å². The monoisotopic (exact) mass is 460 g/mol. The summed E-state index contributed by atoms with van der Waals surface area (Å²) < 4.78 is 15.4. The van der Waals surface area contributed by atoms with Gasteiger partial charge in [0.25, 0.3) is 5.91 Å². The zero-order valence-corrected chi connectivity index (χ0v) is 18.4. The maximum Gasteiger partial charge on any atom is 0.373 e. The van der Waals surface area contributed by atoms with Gasteiger partial charge in [-0.2, -0.15) is 0 Å². The molecule has 0 bridgehead atoms. The SMILES string of the molecule is COC(=O)c1ccc(CN2C(=O)NC(=Cc3ccccc3OC(=O)c3ccc(C)cc3)C2=O)o1. The van der Waals surface area contributed by atoms with Gasteiger partial charge in [-0.25, -0.2) is 14.4 Å². The summed E-state index contributed by atoms with van der Waals surface area (Å²) in [5.41, 5.74) is 1.83. The fraction of sp³-hybridized carbons (Fsp3) is 0.120. The van der Waals surface area contributed by atoms with Crippen LogP contribution in [0.4, 0.5) is 4.79 Å². The minimum absolute atomic E-state index is 0.00332. The Morgan fingerprint density at radius 2 is 1.74 bits per heavy atom. The van der Waals surface area contributed by atoms with E-state index in [4.69, 9.17) is 9.15 Å². The zero-order chi connectivity index (χ0) is 24.2. The van der Waals surface area contributed by atoms with E-state index in [0.29, 0.717) is 11.1 Å². The fourth-order valence-electron chi connectivity index (χ4n) is 3.24. The Morgan fingerprint density at radius 1 is 1.00 bits per heavy atom. The molecule has 2 heterocycles. The molecular weight excluding hydrogens is 440 g/mol. The lowest BCUT2D eigenvalue weighted by Crippen LogP contribution is -2.30. The average Bonchev–Trinajstić information content (AvgIpc) is 3.40. The molecule has 9 heteroatoms. The summed E-state index contributed by atoms with van der Waals surface area (Å²) in [6, 6.07) is 15.8. The van der Waals surface area contributed by atoms with E-state index in [2.05, 4.69) is 10.1 Å². The normalized spacial score (nSPS) is 14.3. The number of nitrogens with zero attached hydrogens (tertiary/aromatic N) is 1. The van der Waals surface area contributed by atoms with Gasteiger partial charge in [-0.15, -0.1) is 0 Å². The molecule has 0 spiro atoms. The molecule has 1 aliphatic heterocycles. The maximum absolute atomic E-state index is 12.8. The summed E-state index contributed by atoms with van der Waals surface area (Å²) in [6.45, 7) is 1.74. The molecule has 1 saturated heterocycles. The van der Waals surface area contributed by atoms with Crippen LogP contribution in [0.15, 0.2) is 70.8 Å². The van der Waals surface area contributed by atoms with Gasteiger partial charge in [-0.05, 0) is 43.3 Å². The van der Waals surface area contributed by atoms with E-state index in [0.717, 1.165) is 10.5 Å². The van der Waals surface area contributed by atoms with E-state index >= 15 is 0 Å². The molecule has 0 unspecified atom stereocenters. The van der Waals surface area contributed by atoms with Gasteiger partial charge in [0.1, 0.15) is 17.2 Å². The number of aryl methyl sites for hydroxylation is 1. The molecule has 2 aromatic carbocycles. The first-order valence-electron chi connectivity index (χ1n) is 10.2. The Labute approximate surface area is 194 Å². The third kappa shape index (κ3) is 4.73. The van der Waals surface area contributed by atoms with Gasteiger partial charge in [0.05, 0.1) is 19.2 Å². The fourth-order valence-corrected chi connectivity index (χ4v) is 3.24. The number of ether oxygens (including phenoxy) is 2. The molecule has 1 N–H and O–H groups in total. The van der Waals surface area contributed by atoms with Gasteiger partial charge in [-0.1, -0.05) is 35.9 Å². The van der Waals surface area contributed by atoms with Crippen molar-refractivity contribution < 1.29 is 33.1 Å². The van der Waals surface area contributed by atoms with Gasteiger partial charge < -0.3 is 19.2 Å². The van der Waals surface area contributed by atoms with Crippen molar-refractivity contribution in [1.29, 1.82) is 0 Å². The molecule has 34 heavy (non-hydrogen) atoms. The number of hydrogen-bond donors (Lipinski definition) is 1. The molecule has 4 rings (SSSR count). The number of para-hydroxylation sites is 1. The predicted octanol–water partition coefficient (Wildman–Crippen LogP) is 3.69. The maximum atomic E-state index is 12.8. The quantitative estimate of drug-likeness (QED) is 0.258. The van der Waals surface area contributed by atoms with Crippen LogP contribution in [0.2, 0.25) is 0 Å². The summed E-state index contributed by atoms with van der Waals surface area (Å²) in [4.78, 5) is 50.2. The third-order valence-corrected chi connectivity index (χ3v) is 5.03. The van der Waals surface area contributed by atoms with E-state index in [9.17, 15) is 19.2 Å². The van der Waals surface area contributed by atoms with Crippen molar-refractivity contribution in [3.63, 3.8) is 0 Å². The summed E-state index contributed by atoms with van der Waals surface area (Å²) >= 11 is 0. The third-order valence-electron chi connectivity index (χ3n) is 5.03. The number of methoxy groups -OCH3 is 1. The molecule has 0 atom stereocenters. The number of rotatable bonds is 6. The standard InChI is InChI=1S/C25H20N2O7/c1-15-7-9-16(10-8-15)23(29)34-20-6-4-3-5-17(20)13-19-22(28)27(25(31)26-19)14-18-11-12-21(33-18)24(30)32-2/h3-13H,14H2,1-2H3,(H,26,31). The molecule has 9 nitrogen and oxygen atoms in total. The van der Waals surface area contributed by atoms with Gasteiger partial charge in [0, 0.05) is 5.56 Å². The highest BCUT2D eigenvalue weighted by Gasteiger charge is 2.34. The van der Waals surface area contributed by atoms with E-state index in [1.807, 2.05) is 6.92 Å². The number of benzene rings is 2. The van der Waals surface area contributed by atoms with Crippen LogP contribution in [0.3, 0.4) is 0 Å². The van der Waals surface area contributed by atoms with Crippen LogP contribution in [0.5, 0.6) is 5.75 Å². The minimum atomic E-state index is -0.666. The first kappa shape index (κ1) is 22.5. The van der Waals surface area contributed by atoms with E-state index in [1.54, 1.807) is 48.5 Å². The van der Waals surface area contributed by atoms with Gasteiger partial charge in [-0.3, -0.25) is 9.69 Å². The predicted molar refractivity (Wildman–Crippen MR) is 120 cm³/mol. The number of carbonyl (C=O) groups excluding carboxylic acids is 4. The summed E-state index contributed by atoms with van der Waals surface area (Å²) in [7, 11) is 1.22. The second-order valence-electron chi connectivity index (χ2n) is 7.43. The lowest BCUT2D eigenvalue weighted by molar-refractivity contribution is -0.123. The lowest BCUT2D eigenvalue weighted by Gasteiger charge is -2.09. The van der Waals surface area contributed by atoms with Crippen LogP contribution in [0, 0.1) is 6.92 Å². The van der Waals surface area contributed by atoms with E-state index < -0.39 is 23.9 Å². The zero-order valence-electron chi connectivity index (χ0n) is 18.4. The second-order valence-corrected chi connectivity index (χ2v) is 7.43. The number of carbonyl (C=O) groups is 4.